The second-order valence-electron chi connectivity index (χ2n) is 4.54. The highest BCUT2D eigenvalue weighted by molar-refractivity contribution is 9.10. The van der Waals surface area contributed by atoms with E-state index in [9.17, 15) is 10.1 Å². The summed E-state index contributed by atoms with van der Waals surface area (Å²) in [7, 11) is 0. The molecule has 0 spiro atoms. The van der Waals surface area contributed by atoms with Crippen LogP contribution in [0.25, 0.3) is 0 Å². The van der Waals surface area contributed by atoms with Gasteiger partial charge in [0.1, 0.15) is 0 Å². The van der Waals surface area contributed by atoms with Gasteiger partial charge >= 0.3 is 0 Å². The lowest BCUT2D eigenvalue weighted by Crippen LogP contribution is -2.27. The van der Waals surface area contributed by atoms with Crippen LogP contribution in [0, 0.1) is 16.0 Å². The Morgan fingerprint density at radius 1 is 1.59 bits per heavy atom. The first-order valence-corrected chi connectivity index (χ1v) is 6.53. The molecule has 1 aromatic carbocycles. The summed E-state index contributed by atoms with van der Waals surface area (Å²) in [5.74, 6) is 0.754. The topological polar surface area (TPSA) is 55.2 Å². The maximum atomic E-state index is 10.9. The number of benzene rings is 1. The molecular formula is C12H15BrN2O2. The molecule has 4 nitrogen and oxygen atoms in total. The predicted octanol–water partition coefficient (Wildman–Crippen LogP) is 3.25. The van der Waals surface area contributed by atoms with Gasteiger partial charge < -0.3 is 5.32 Å². The zero-order valence-corrected chi connectivity index (χ0v) is 11.2. The molecule has 1 aliphatic rings. The van der Waals surface area contributed by atoms with Crippen molar-refractivity contribution in [1.29, 1.82) is 0 Å². The largest absolute Gasteiger partial charge is 0.310 e. The Morgan fingerprint density at radius 2 is 2.29 bits per heavy atom. The zero-order valence-electron chi connectivity index (χ0n) is 9.65. The van der Waals surface area contributed by atoms with Crippen LogP contribution in [0.3, 0.4) is 0 Å². The second-order valence-corrected chi connectivity index (χ2v) is 5.45. The first kappa shape index (κ1) is 12.5. The van der Waals surface area contributed by atoms with Gasteiger partial charge in [0, 0.05) is 28.7 Å². The van der Waals surface area contributed by atoms with E-state index in [1.54, 1.807) is 12.1 Å². The molecule has 1 aliphatic carbocycles. The van der Waals surface area contributed by atoms with E-state index >= 15 is 0 Å². The summed E-state index contributed by atoms with van der Waals surface area (Å²) < 4.78 is 0.739. The lowest BCUT2D eigenvalue weighted by Gasteiger charge is -2.12. The Morgan fingerprint density at radius 3 is 2.88 bits per heavy atom. The highest BCUT2D eigenvalue weighted by Gasteiger charge is 2.27. The van der Waals surface area contributed by atoms with Crippen molar-refractivity contribution in [2.24, 2.45) is 5.92 Å². The van der Waals surface area contributed by atoms with E-state index in [0.29, 0.717) is 12.6 Å². The molecule has 17 heavy (non-hydrogen) atoms. The lowest BCUT2D eigenvalue weighted by molar-refractivity contribution is -0.385. The molecule has 0 amide bonds. The van der Waals surface area contributed by atoms with Crippen LogP contribution in [-0.2, 0) is 6.54 Å². The number of hydrogen-bond acceptors (Lipinski definition) is 3. The molecule has 0 aromatic heterocycles. The van der Waals surface area contributed by atoms with Gasteiger partial charge in [-0.15, -0.1) is 0 Å². The quantitative estimate of drug-likeness (QED) is 0.670. The van der Waals surface area contributed by atoms with Crippen molar-refractivity contribution in [3.8, 4) is 0 Å². The molecule has 92 valence electrons. The number of nitro benzene ring substituents is 1. The first-order chi connectivity index (χ1) is 8.08. The van der Waals surface area contributed by atoms with Gasteiger partial charge in [0.25, 0.3) is 5.69 Å². The summed E-state index contributed by atoms with van der Waals surface area (Å²) in [5, 5.41) is 14.3. The third-order valence-corrected chi connectivity index (χ3v) is 3.68. The van der Waals surface area contributed by atoms with Crippen molar-refractivity contribution in [3.63, 3.8) is 0 Å². The molecule has 2 rings (SSSR count). The maximum Gasteiger partial charge on any atom is 0.275 e. The lowest BCUT2D eigenvalue weighted by atomic mass is 10.1. The Labute approximate surface area is 109 Å². The molecule has 1 atom stereocenters. The number of hydrogen-bond donors (Lipinski definition) is 1. The molecule has 0 bridgehead atoms. The van der Waals surface area contributed by atoms with Gasteiger partial charge in [0.2, 0.25) is 0 Å². The minimum atomic E-state index is -0.330. The van der Waals surface area contributed by atoms with Gasteiger partial charge in [-0.1, -0.05) is 15.9 Å². The van der Waals surface area contributed by atoms with Crippen LogP contribution in [0.5, 0.6) is 0 Å². The summed E-state index contributed by atoms with van der Waals surface area (Å²) in [6, 6.07) is 5.64. The number of halogens is 1. The Bertz CT molecular complexity index is 433. The SMILES string of the molecule is CC(NCc1ccc(Br)cc1[N+](=O)[O-])C1CC1. The number of nitrogens with zero attached hydrogens (tertiary/aromatic N) is 1. The predicted molar refractivity (Wildman–Crippen MR) is 69.8 cm³/mol. The molecule has 1 aromatic rings. The van der Waals surface area contributed by atoms with E-state index in [1.807, 2.05) is 6.07 Å². The van der Waals surface area contributed by atoms with Crippen LogP contribution >= 0.6 is 15.9 Å². The van der Waals surface area contributed by atoms with Gasteiger partial charge in [-0.2, -0.15) is 0 Å². The van der Waals surface area contributed by atoms with Gasteiger partial charge in [0.05, 0.1) is 4.92 Å². The Balaban J connectivity index is 2.06. The average molecular weight is 299 g/mol. The van der Waals surface area contributed by atoms with Crippen LogP contribution in [0.15, 0.2) is 22.7 Å². The van der Waals surface area contributed by atoms with E-state index in [-0.39, 0.29) is 10.6 Å². The molecular weight excluding hydrogens is 284 g/mol. The van der Waals surface area contributed by atoms with E-state index in [2.05, 4.69) is 28.2 Å². The smallest absolute Gasteiger partial charge is 0.275 e. The molecule has 1 saturated carbocycles. The molecule has 0 aliphatic heterocycles. The van der Waals surface area contributed by atoms with Crippen LogP contribution < -0.4 is 5.32 Å². The van der Waals surface area contributed by atoms with Crippen LogP contribution in [0.1, 0.15) is 25.3 Å². The number of rotatable bonds is 5. The first-order valence-electron chi connectivity index (χ1n) is 5.74. The molecule has 0 heterocycles. The van der Waals surface area contributed by atoms with E-state index < -0.39 is 0 Å². The molecule has 0 saturated heterocycles. The van der Waals surface area contributed by atoms with E-state index in [1.165, 1.54) is 12.8 Å². The average Bonchev–Trinajstić information content (AvgIpc) is 3.10. The second kappa shape index (κ2) is 5.14. The highest BCUT2D eigenvalue weighted by atomic mass is 79.9. The van der Waals surface area contributed by atoms with Gasteiger partial charge in [0.15, 0.2) is 0 Å². The van der Waals surface area contributed by atoms with E-state index in [0.717, 1.165) is 16.0 Å². The van der Waals surface area contributed by atoms with Crippen molar-refractivity contribution in [2.75, 3.05) is 0 Å². The fraction of sp³-hybridized carbons (Fsp3) is 0.500. The molecule has 5 heteroatoms. The summed E-state index contributed by atoms with van der Waals surface area (Å²) in [5.41, 5.74) is 0.917. The normalized spacial score (nSPS) is 16.8. The third-order valence-electron chi connectivity index (χ3n) is 3.19. The minimum Gasteiger partial charge on any atom is -0.310 e. The summed E-state index contributed by atoms with van der Waals surface area (Å²) in [6.07, 6.45) is 2.55. The van der Waals surface area contributed by atoms with Gasteiger partial charge in [-0.05, 0) is 37.8 Å². The number of nitro groups is 1. The van der Waals surface area contributed by atoms with Crippen molar-refractivity contribution in [2.45, 2.75) is 32.4 Å². The zero-order chi connectivity index (χ0) is 12.4. The van der Waals surface area contributed by atoms with Crippen LogP contribution in [0.4, 0.5) is 5.69 Å². The molecule has 1 unspecified atom stereocenters. The van der Waals surface area contributed by atoms with Crippen molar-refractivity contribution in [3.05, 3.63) is 38.3 Å². The summed E-state index contributed by atoms with van der Waals surface area (Å²) in [4.78, 5) is 10.6. The van der Waals surface area contributed by atoms with Crippen LogP contribution in [0.2, 0.25) is 0 Å². The molecule has 0 radical (unpaired) electrons. The molecule has 1 N–H and O–H groups in total. The Hall–Kier alpha value is -0.940. The minimum absolute atomic E-state index is 0.176. The summed E-state index contributed by atoms with van der Waals surface area (Å²) in [6.45, 7) is 2.70. The Kier molecular flexibility index (Phi) is 3.79. The van der Waals surface area contributed by atoms with Gasteiger partial charge in [-0.3, -0.25) is 10.1 Å². The third kappa shape index (κ3) is 3.26. The van der Waals surface area contributed by atoms with E-state index in [4.69, 9.17) is 0 Å². The standard InChI is InChI=1S/C12H15BrN2O2/c1-8(9-2-3-9)14-7-10-4-5-11(13)6-12(10)15(16)17/h4-6,8-9,14H,2-3,7H2,1H3. The monoisotopic (exact) mass is 298 g/mol. The highest BCUT2D eigenvalue weighted by Crippen LogP contribution is 2.32. The van der Waals surface area contributed by atoms with Crippen LogP contribution in [-0.4, -0.2) is 11.0 Å². The van der Waals surface area contributed by atoms with Crippen molar-refractivity contribution < 1.29 is 4.92 Å². The van der Waals surface area contributed by atoms with Crippen molar-refractivity contribution >= 4 is 21.6 Å². The summed E-state index contributed by atoms with van der Waals surface area (Å²) >= 11 is 3.25. The van der Waals surface area contributed by atoms with Crippen molar-refractivity contribution in [1.82, 2.24) is 5.32 Å². The molecule has 1 fully saturated rings. The fourth-order valence-corrected chi connectivity index (χ4v) is 2.24. The fourth-order valence-electron chi connectivity index (χ4n) is 1.89. The maximum absolute atomic E-state index is 10.9. The van der Waals surface area contributed by atoms with Gasteiger partial charge in [-0.25, -0.2) is 0 Å². The number of nitrogens with one attached hydrogen (secondary N) is 1.